The summed E-state index contributed by atoms with van der Waals surface area (Å²) >= 11 is 4.38. The molecule has 0 unspecified atom stereocenters. The van der Waals surface area contributed by atoms with E-state index in [9.17, 15) is 9.59 Å². The summed E-state index contributed by atoms with van der Waals surface area (Å²) < 4.78 is 12.4. The van der Waals surface area contributed by atoms with Crippen molar-refractivity contribution in [1.82, 2.24) is 4.90 Å². The van der Waals surface area contributed by atoms with Crippen LogP contribution in [0.2, 0.25) is 0 Å². The monoisotopic (exact) mass is 471 g/mol. The van der Waals surface area contributed by atoms with Gasteiger partial charge in [-0.1, -0.05) is 52.2 Å². The molecule has 2 aromatic rings. The number of imide groups is 1. The molecule has 0 aromatic heterocycles. The Bertz CT molecular complexity index is 998. The molecule has 1 heterocycles. The number of amides is 2. The zero-order valence-electron chi connectivity index (χ0n) is 15.7. The molecule has 3 rings (SSSR count). The Balaban J connectivity index is 1.87. The summed E-state index contributed by atoms with van der Waals surface area (Å²) in [7, 11) is 0. The van der Waals surface area contributed by atoms with E-state index in [0.29, 0.717) is 39.7 Å². The van der Waals surface area contributed by atoms with Gasteiger partial charge in [0, 0.05) is 4.47 Å². The molecule has 0 N–H and O–H groups in total. The molecular weight excluding hydrogens is 454 g/mol. The van der Waals surface area contributed by atoms with Gasteiger partial charge in [-0.15, -0.1) is 6.42 Å². The Morgan fingerprint density at radius 1 is 1.17 bits per heavy atom. The Morgan fingerprint density at radius 2 is 1.90 bits per heavy atom. The Morgan fingerprint density at radius 3 is 2.59 bits per heavy atom. The Labute approximate surface area is 182 Å². The van der Waals surface area contributed by atoms with E-state index < -0.39 is 5.91 Å². The van der Waals surface area contributed by atoms with Gasteiger partial charge in [0.1, 0.15) is 6.61 Å². The van der Waals surface area contributed by atoms with Crippen LogP contribution in [0, 0.1) is 12.3 Å². The van der Waals surface area contributed by atoms with E-state index in [1.54, 1.807) is 18.2 Å². The molecule has 1 aliphatic heterocycles. The van der Waals surface area contributed by atoms with Gasteiger partial charge in [-0.25, -0.2) is 0 Å². The van der Waals surface area contributed by atoms with Crippen LogP contribution >= 0.6 is 27.7 Å². The van der Waals surface area contributed by atoms with E-state index in [4.69, 9.17) is 15.9 Å². The third-order valence-electron chi connectivity index (χ3n) is 4.01. The SMILES string of the molecule is C#CCN1C(=O)S/C(=C/c2cc(OCC)c(OCc3ccccc3)cc2Br)C1=O. The molecule has 1 saturated heterocycles. The fourth-order valence-corrected chi connectivity index (χ4v) is 3.91. The lowest BCUT2D eigenvalue weighted by molar-refractivity contribution is -0.122. The predicted molar refractivity (Wildman–Crippen MR) is 118 cm³/mol. The average Bonchev–Trinajstić information content (AvgIpc) is 2.98. The van der Waals surface area contributed by atoms with Gasteiger partial charge < -0.3 is 9.47 Å². The van der Waals surface area contributed by atoms with E-state index in [2.05, 4.69) is 21.9 Å². The number of thioether (sulfide) groups is 1. The van der Waals surface area contributed by atoms with Gasteiger partial charge in [-0.05, 0) is 48.0 Å². The molecule has 2 aromatic carbocycles. The molecule has 0 spiro atoms. The predicted octanol–water partition coefficient (Wildman–Crippen LogP) is 5.10. The Kier molecular flexibility index (Phi) is 7.02. The van der Waals surface area contributed by atoms with E-state index in [1.165, 1.54) is 0 Å². The van der Waals surface area contributed by atoms with Crippen LogP contribution in [0.1, 0.15) is 18.1 Å². The third kappa shape index (κ3) is 5.03. The summed E-state index contributed by atoms with van der Waals surface area (Å²) in [6.45, 7) is 2.70. The molecule has 7 heteroatoms. The highest BCUT2D eigenvalue weighted by molar-refractivity contribution is 9.10. The number of terminal acetylenes is 1. The van der Waals surface area contributed by atoms with Gasteiger partial charge in [-0.3, -0.25) is 14.5 Å². The van der Waals surface area contributed by atoms with Crippen molar-refractivity contribution in [2.75, 3.05) is 13.2 Å². The van der Waals surface area contributed by atoms with Gasteiger partial charge >= 0.3 is 0 Å². The lowest BCUT2D eigenvalue weighted by Gasteiger charge is -2.14. The average molecular weight is 472 g/mol. The minimum atomic E-state index is -0.396. The topological polar surface area (TPSA) is 55.8 Å². The van der Waals surface area contributed by atoms with Crippen LogP contribution in [0.3, 0.4) is 0 Å². The number of rotatable bonds is 7. The van der Waals surface area contributed by atoms with E-state index in [-0.39, 0.29) is 11.8 Å². The number of halogens is 1. The van der Waals surface area contributed by atoms with E-state index in [0.717, 1.165) is 22.2 Å². The largest absolute Gasteiger partial charge is 0.490 e. The van der Waals surface area contributed by atoms with Gasteiger partial charge in [0.15, 0.2) is 11.5 Å². The highest BCUT2D eigenvalue weighted by Crippen LogP contribution is 2.38. The lowest BCUT2D eigenvalue weighted by atomic mass is 10.1. The van der Waals surface area contributed by atoms with Crippen molar-refractivity contribution < 1.29 is 19.1 Å². The van der Waals surface area contributed by atoms with Gasteiger partial charge in [0.2, 0.25) is 0 Å². The van der Waals surface area contributed by atoms with Gasteiger partial charge in [0.25, 0.3) is 11.1 Å². The summed E-state index contributed by atoms with van der Waals surface area (Å²) in [5.41, 5.74) is 1.74. The highest BCUT2D eigenvalue weighted by atomic mass is 79.9. The van der Waals surface area contributed by atoms with Crippen molar-refractivity contribution in [3.63, 3.8) is 0 Å². The number of carbonyl (C=O) groups excluding carboxylic acids is 2. The van der Waals surface area contributed by atoms with Crippen molar-refractivity contribution in [2.45, 2.75) is 13.5 Å². The first kappa shape index (κ1) is 21.0. The van der Waals surface area contributed by atoms with E-state index in [1.807, 2.05) is 37.3 Å². The normalized spacial score (nSPS) is 14.9. The smallest absolute Gasteiger partial charge is 0.294 e. The molecular formula is C22H18BrNO4S. The van der Waals surface area contributed by atoms with Crippen LogP contribution in [0.5, 0.6) is 11.5 Å². The third-order valence-corrected chi connectivity index (χ3v) is 5.60. The van der Waals surface area contributed by atoms with Crippen molar-refractivity contribution in [2.24, 2.45) is 0 Å². The second kappa shape index (κ2) is 9.68. The molecule has 0 atom stereocenters. The summed E-state index contributed by atoms with van der Waals surface area (Å²) in [4.78, 5) is 25.7. The zero-order chi connectivity index (χ0) is 20.8. The number of ether oxygens (including phenoxy) is 2. The summed E-state index contributed by atoms with van der Waals surface area (Å²) in [6, 6.07) is 13.4. The summed E-state index contributed by atoms with van der Waals surface area (Å²) in [5, 5.41) is -0.372. The fraction of sp³-hybridized carbons (Fsp3) is 0.182. The second-order valence-electron chi connectivity index (χ2n) is 6.00. The number of benzene rings is 2. The number of hydrogen-bond acceptors (Lipinski definition) is 5. The maximum Gasteiger partial charge on any atom is 0.294 e. The molecule has 29 heavy (non-hydrogen) atoms. The summed E-state index contributed by atoms with van der Waals surface area (Å²) in [6.07, 6.45) is 6.88. The highest BCUT2D eigenvalue weighted by Gasteiger charge is 2.34. The molecule has 1 aliphatic rings. The standard InChI is InChI=1S/C22H18BrNO4S/c1-3-10-24-21(25)20(29-22(24)26)12-16-11-18(27-4-2)19(13-17(16)23)28-14-15-8-6-5-7-9-15/h1,5-9,11-13H,4,10,14H2,2H3/b20-12+. The minimum Gasteiger partial charge on any atom is -0.490 e. The quantitative estimate of drug-likeness (QED) is 0.415. The molecule has 2 amide bonds. The molecule has 0 saturated carbocycles. The van der Waals surface area contributed by atoms with Crippen molar-refractivity contribution in [3.8, 4) is 23.8 Å². The maximum atomic E-state index is 12.4. The fourth-order valence-electron chi connectivity index (χ4n) is 2.65. The molecule has 0 aliphatic carbocycles. The van der Waals surface area contributed by atoms with Crippen LogP contribution in [0.15, 0.2) is 51.8 Å². The number of nitrogens with zero attached hydrogens (tertiary/aromatic N) is 1. The van der Waals surface area contributed by atoms with Crippen LogP contribution in [0.25, 0.3) is 6.08 Å². The first-order valence-corrected chi connectivity index (χ1v) is 10.5. The van der Waals surface area contributed by atoms with Crippen LogP contribution in [0.4, 0.5) is 4.79 Å². The first-order valence-electron chi connectivity index (χ1n) is 8.85. The van der Waals surface area contributed by atoms with Gasteiger partial charge in [0.05, 0.1) is 18.1 Å². The molecule has 148 valence electrons. The Hall–Kier alpha value is -2.69. The van der Waals surface area contributed by atoms with Crippen molar-refractivity contribution in [1.29, 1.82) is 0 Å². The van der Waals surface area contributed by atoms with Gasteiger partial charge in [-0.2, -0.15) is 0 Å². The molecule has 0 bridgehead atoms. The van der Waals surface area contributed by atoms with E-state index >= 15 is 0 Å². The zero-order valence-corrected chi connectivity index (χ0v) is 18.1. The minimum absolute atomic E-state index is 0.0420. The second-order valence-corrected chi connectivity index (χ2v) is 7.85. The molecule has 0 radical (unpaired) electrons. The number of carbonyl (C=O) groups is 2. The van der Waals surface area contributed by atoms with Crippen molar-refractivity contribution >= 4 is 44.9 Å². The van der Waals surface area contributed by atoms with Crippen LogP contribution in [-0.4, -0.2) is 29.2 Å². The number of hydrogen-bond donors (Lipinski definition) is 0. The summed E-state index contributed by atoms with van der Waals surface area (Å²) in [5.74, 6) is 3.07. The van der Waals surface area contributed by atoms with Crippen LogP contribution < -0.4 is 9.47 Å². The first-order chi connectivity index (χ1) is 14.0. The lowest BCUT2D eigenvalue weighted by Crippen LogP contribution is -2.28. The van der Waals surface area contributed by atoms with Crippen LogP contribution in [-0.2, 0) is 11.4 Å². The van der Waals surface area contributed by atoms with Crippen molar-refractivity contribution in [3.05, 3.63) is 63.0 Å². The maximum absolute atomic E-state index is 12.4. The molecule has 1 fully saturated rings. The molecule has 5 nitrogen and oxygen atoms in total.